The van der Waals surface area contributed by atoms with E-state index in [1.54, 1.807) is 19.2 Å². The summed E-state index contributed by atoms with van der Waals surface area (Å²) in [5, 5.41) is 7.12. The predicted octanol–water partition coefficient (Wildman–Crippen LogP) is 4.86. The fraction of sp³-hybridized carbons (Fsp3) is 0.364. The average molecular weight is 401 g/mol. The second-order valence-electron chi connectivity index (χ2n) is 7.08. The van der Waals surface area contributed by atoms with Crippen molar-refractivity contribution in [3.8, 4) is 5.75 Å². The Hall–Kier alpha value is -2.60. The number of carbonyl (C=O) groups excluding carboxylic acids is 1. The second kappa shape index (κ2) is 10.1. The zero-order chi connectivity index (χ0) is 20.7. The van der Waals surface area contributed by atoms with Crippen LogP contribution in [-0.2, 0) is 4.74 Å². The number of carbonyl (C=O) groups is 1. The van der Waals surface area contributed by atoms with E-state index in [0.717, 1.165) is 29.0 Å². The molecule has 2 N–H and O–H groups in total. The van der Waals surface area contributed by atoms with Gasteiger partial charge in [0, 0.05) is 5.69 Å². The number of ether oxygens (including phenoxy) is 2. The SMILES string of the molecule is COC(=O)c1ccc(C)c(NC(=S)NC(CC(C)C)c2ccc(OC)cc2)c1. The highest BCUT2D eigenvalue weighted by atomic mass is 32.1. The molecule has 0 bridgehead atoms. The molecule has 2 rings (SSSR count). The van der Waals surface area contributed by atoms with Crippen molar-refractivity contribution in [1.82, 2.24) is 5.32 Å². The molecule has 6 heteroatoms. The van der Waals surface area contributed by atoms with E-state index in [1.807, 2.05) is 37.3 Å². The van der Waals surface area contributed by atoms with E-state index in [2.05, 4.69) is 24.5 Å². The van der Waals surface area contributed by atoms with Crippen molar-refractivity contribution < 1.29 is 14.3 Å². The van der Waals surface area contributed by atoms with Crippen molar-refractivity contribution >= 4 is 29.0 Å². The van der Waals surface area contributed by atoms with Crippen LogP contribution in [-0.4, -0.2) is 25.3 Å². The standard InChI is InChI=1S/C22H28N2O3S/c1-14(2)12-20(16-8-10-18(26-4)11-9-16)24-22(28)23-19-13-17(21(25)27-5)7-6-15(19)3/h6-11,13-14,20H,12H2,1-5H3,(H2,23,24,28). The van der Waals surface area contributed by atoms with Crippen LogP contribution in [0.3, 0.4) is 0 Å². The number of thiocarbonyl (C=S) groups is 1. The second-order valence-corrected chi connectivity index (χ2v) is 7.48. The van der Waals surface area contributed by atoms with Crippen molar-refractivity contribution in [2.75, 3.05) is 19.5 Å². The zero-order valence-corrected chi connectivity index (χ0v) is 17.9. The highest BCUT2D eigenvalue weighted by Crippen LogP contribution is 2.24. The lowest BCUT2D eigenvalue weighted by Gasteiger charge is -2.24. The first-order valence-corrected chi connectivity index (χ1v) is 9.65. The van der Waals surface area contributed by atoms with Crippen molar-refractivity contribution in [3.63, 3.8) is 0 Å². The van der Waals surface area contributed by atoms with E-state index < -0.39 is 0 Å². The fourth-order valence-corrected chi connectivity index (χ4v) is 3.16. The minimum absolute atomic E-state index is 0.0648. The maximum Gasteiger partial charge on any atom is 0.337 e. The zero-order valence-electron chi connectivity index (χ0n) is 17.0. The van der Waals surface area contributed by atoms with Crippen LogP contribution in [0.5, 0.6) is 5.75 Å². The smallest absolute Gasteiger partial charge is 0.337 e. The van der Waals surface area contributed by atoms with Crippen LogP contribution in [0.25, 0.3) is 0 Å². The molecular weight excluding hydrogens is 372 g/mol. The lowest BCUT2D eigenvalue weighted by Crippen LogP contribution is -2.33. The van der Waals surface area contributed by atoms with Gasteiger partial charge >= 0.3 is 5.97 Å². The number of rotatable bonds is 7. The molecule has 0 saturated carbocycles. The predicted molar refractivity (Wildman–Crippen MR) is 117 cm³/mol. The Labute approximate surface area is 172 Å². The van der Waals surface area contributed by atoms with Crippen LogP contribution in [0, 0.1) is 12.8 Å². The summed E-state index contributed by atoms with van der Waals surface area (Å²) in [6.45, 7) is 6.32. The van der Waals surface area contributed by atoms with Crippen molar-refractivity contribution in [1.29, 1.82) is 0 Å². The number of hydrogen-bond acceptors (Lipinski definition) is 4. The summed E-state index contributed by atoms with van der Waals surface area (Å²) in [5.41, 5.74) is 3.38. The van der Waals surface area contributed by atoms with E-state index in [0.29, 0.717) is 16.6 Å². The molecular formula is C22H28N2O3S. The molecule has 0 aliphatic heterocycles. The first-order chi connectivity index (χ1) is 13.3. The summed E-state index contributed by atoms with van der Waals surface area (Å²) in [5.74, 6) is 0.938. The Kier molecular flexibility index (Phi) is 7.81. The molecule has 0 aromatic heterocycles. The van der Waals surface area contributed by atoms with Crippen LogP contribution < -0.4 is 15.4 Å². The first-order valence-electron chi connectivity index (χ1n) is 9.24. The molecule has 2 aromatic rings. The number of anilines is 1. The minimum Gasteiger partial charge on any atom is -0.497 e. The molecule has 1 unspecified atom stereocenters. The van der Waals surface area contributed by atoms with Gasteiger partial charge in [0.15, 0.2) is 5.11 Å². The third-order valence-electron chi connectivity index (χ3n) is 4.44. The number of hydrogen-bond donors (Lipinski definition) is 2. The molecule has 5 nitrogen and oxygen atoms in total. The van der Waals surface area contributed by atoms with Gasteiger partial charge in [-0.25, -0.2) is 4.79 Å². The van der Waals surface area contributed by atoms with E-state index in [1.165, 1.54) is 7.11 Å². The Bertz CT molecular complexity index is 819. The monoisotopic (exact) mass is 400 g/mol. The van der Waals surface area contributed by atoms with Gasteiger partial charge in [-0.3, -0.25) is 0 Å². The van der Waals surface area contributed by atoms with E-state index >= 15 is 0 Å². The van der Waals surface area contributed by atoms with Crippen LogP contribution >= 0.6 is 12.2 Å². The number of esters is 1. The van der Waals surface area contributed by atoms with Gasteiger partial charge in [0.2, 0.25) is 0 Å². The fourth-order valence-electron chi connectivity index (χ4n) is 2.90. The Morgan fingerprint density at radius 1 is 1.11 bits per heavy atom. The van der Waals surface area contributed by atoms with E-state index in [-0.39, 0.29) is 12.0 Å². The lowest BCUT2D eigenvalue weighted by atomic mass is 9.97. The third kappa shape index (κ3) is 5.96. The topological polar surface area (TPSA) is 59.6 Å². The van der Waals surface area contributed by atoms with Gasteiger partial charge in [0.05, 0.1) is 25.8 Å². The highest BCUT2D eigenvalue weighted by Gasteiger charge is 2.16. The quantitative estimate of drug-likeness (QED) is 0.511. The molecule has 28 heavy (non-hydrogen) atoms. The molecule has 0 radical (unpaired) electrons. The summed E-state index contributed by atoms with van der Waals surface area (Å²) >= 11 is 5.55. The molecule has 0 fully saturated rings. The number of nitrogens with one attached hydrogen (secondary N) is 2. The molecule has 1 atom stereocenters. The first kappa shape index (κ1) is 21.7. The molecule has 150 valence electrons. The number of aryl methyl sites for hydroxylation is 1. The molecule has 0 saturated heterocycles. The molecule has 0 aliphatic carbocycles. The Balaban J connectivity index is 2.16. The maximum atomic E-state index is 11.8. The summed E-state index contributed by atoms with van der Waals surface area (Å²) in [4.78, 5) is 11.8. The number of benzene rings is 2. The maximum absolute atomic E-state index is 11.8. The van der Waals surface area contributed by atoms with E-state index in [4.69, 9.17) is 21.7 Å². The van der Waals surface area contributed by atoms with E-state index in [9.17, 15) is 4.79 Å². The van der Waals surface area contributed by atoms with Crippen LogP contribution in [0.2, 0.25) is 0 Å². The largest absolute Gasteiger partial charge is 0.497 e. The van der Waals surface area contributed by atoms with Crippen LogP contribution in [0.1, 0.15) is 47.8 Å². The van der Waals surface area contributed by atoms with Crippen LogP contribution in [0.15, 0.2) is 42.5 Å². The van der Waals surface area contributed by atoms with Gasteiger partial charge in [0.25, 0.3) is 0 Å². The van der Waals surface area contributed by atoms with Gasteiger partial charge in [-0.2, -0.15) is 0 Å². The summed E-state index contributed by atoms with van der Waals surface area (Å²) < 4.78 is 10.0. The molecule has 0 spiro atoms. The Morgan fingerprint density at radius 2 is 1.79 bits per heavy atom. The summed E-state index contributed by atoms with van der Waals surface area (Å²) in [6.07, 6.45) is 0.926. The summed E-state index contributed by atoms with van der Waals surface area (Å²) in [6, 6.07) is 13.4. The van der Waals surface area contributed by atoms with Gasteiger partial charge in [-0.1, -0.05) is 32.0 Å². The minimum atomic E-state index is -0.377. The molecule has 0 amide bonds. The molecule has 2 aromatic carbocycles. The normalized spacial score (nSPS) is 11.6. The van der Waals surface area contributed by atoms with Gasteiger partial charge < -0.3 is 20.1 Å². The third-order valence-corrected chi connectivity index (χ3v) is 4.66. The Morgan fingerprint density at radius 3 is 2.36 bits per heavy atom. The molecule has 0 heterocycles. The van der Waals surface area contributed by atoms with Crippen molar-refractivity contribution in [3.05, 3.63) is 59.2 Å². The average Bonchev–Trinajstić information content (AvgIpc) is 2.68. The van der Waals surface area contributed by atoms with Gasteiger partial charge in [0.1, 0.15) is 5.75 Å². The van der Waals surface area contributed by atoms with Crippen molar-refractivity contribution in [2.45, 2.75) is 33.2 Å². The lowest BCUT2D eigenvalue weighted by molar-refractivity contribution is 0.0601. The number of methoxy groups -OCH3 is 2. The van der Waals surface area contributed by atoms with Crippen molar-refractivity contribution in [2.24, 2.45) is 5.92 Å². The summed E-state index contributed by atoms with van der Waals surface area (Å²) in [7, 11) is 3.02. The highest BCUT2D eigenvalue weighted by molar-refractivity contribution is 7.80. The van der Waals surface area contributed by atoms with Gasteiger partial charge in [-0.05, 0) is 66.9 Å². The molecule has 0 aliphatic rings. The van der Waals surface area contributed by atoms with Gasteiger partial charge in [-0.15, -0.1) is 0 Å². The van der Waals surface area contributed by atoms with Crippen LogP contribution in [0.4, 0.5) is 5.69 Å².